The van der Waals surface area contributed by atoms with Crippen LogP contribution in [0.5, 0.6) is 5.75 Å². The molecular weight excluding hydrogens is 693 g/mol. The quantitative estimate of drug-likeness (QED) is 0.144. The van der Waals surface area contributed by atoms with Gasteiger partial charge in [0.1, 0.15) is 24.0 Å². The Hall–Kier alpha value is -5.36. The number of benzene rings is 4. The Morgan fingerprint density at radius 1 is 0.943 bits per heavy atom. The lowest BCUT2D eigenvalue weighted by atomic mass is 9.94. The average Bonchev–Trinajstić information content (AvgIpc) is 3.64. The molecule has 53 heavy (non-hydrogen) atoms. The number of carbonyl (C=O) groups is 2. The zero-order chi connectivity index (χ0) is 38.4. The summed E-state index contributed by atoms with van der Waals surface area (Å²) < 4.78 is 43.9. The largest absolute Gasteiger partial charge is 0.487 e. The van der Waals surface area contributed by atoms with Gasteiger partial charge in [-0.05, 0) is 91.3 Å². The van der Waals surface area contributed by atoms with Gasteiger partial charge in [-0.25, -0.2) is 9.59 Å². The van der Waals surface area contributed by atoms with Crippen LogP contribution in [-0.4, -0.2) is 75.8 Å². The van der Waals surface area contributed by atoms with Crippen LogP contribution in [0.25, 0.3) is 11.1 Å². The number of carboxylic acid groups (broad SMARTS) is 1. The molecule has 1 aliphatic heterocycles. The highest BCUT2D eigenvalue weighted by molar-refractivity contribution is 7.90. The fourth-order valence-electron chi connectivity index (χ4n) is 7.48. The first-order valence-corrected chi connectivity index (χ1v) is 19.0. The zero-order valence-electron chi connectivity index (χ0n) is 31.4. The lowest BCUT2D eigenvalue weighted by Gasteiger charge is -2.26. The Balaban J connectivity index is 1.15. The van der Waals surface area contributed by atoms with Crippen LogP contribution < -0.4 is 15.0 Å². The first kappa shape index (κ1) is 37.4. The molecule has 0 aromatic heterocycles. The second-order valence-electron chi connectivity index (χ2n) is 14.4. The number of anilines is 1. The second kappa shape index (κ2) is 14.2. The summed E-state index contributed by atoms with van der Waals surface area (Å²) in [7, 11) is 0.568. The molecule has 12 heteroatoms. The molecule has 0 unspecified atom stereocenters. The topological polar surface area (TPSA) is 138 Å². The second-order valence-corrected chi connectivity index (χ2v) is 15.9. The van der Waals surface area contributed by atoms with E-state index in [1.165, 1.54) is 7.05 Å². The third-order valence-corrected chi connectivity index (χ3v) is 12.0. The van der Waals surface area contributed by atoms with E-state index in [0.717, 1.165) is 44.0 Å². The summed E-state index contributed by atoms with van der Waals surface area (Å²) in [4.78, 5) is 28.5. The number of guanidine groups is 1. The van der Waals surface area contributed by atoms with Crippen molar-refractivity contribution in [1.29, 1.82) is 0 Å². The van der Waals surface area contributed by atoms with Gasteiger partial charge in [0.15, 0.2) is 0 Å². The molecule has 4 aromatic carbocycles. The highest BCUT2D eigenvalue weighted by atomic mass is 32.2. The monoisotopic (exact) mass is 738 g/mol. The van der Waals surface area contributed by atoms with E-state index in [1.807, 2.05) is 69.3 Å². The summed E-state index contributed by atoms with van der Waals surface area (Å²) in [5.41, 5.74) is 8.07. The molecule has 0 saturated carbocycles. The van der Waals surface area contributed by atoms with Crippen molar-refractivity contribution in [3.05, 3.63) is 112 Å². The molecule has 6 rings (SSSR count). The number of nitrogens with zero attached hydrogens (tertiary/aromatic N) is 3. The van der Waals surface area contributed by atoms with Crippen LogP contribution in [0.15, 0.2) is 82.1 Å². The highest BCUT2D eigenvalue weighted by Crippen LogP contribution is 2.45. The van der Waals surface area contributed by atoms with Gasteiger partial charge in [-0.1, -0.05) is 60.7 Å². The van der Waals surface area contributed by atoms with Gasteiger partial charge in [-0.15, -0.1) is 4.40 Å². The molecule has 2 aliphatic rings. The van der Waals surface area contributed by atoms with Gasteiger partial charge in [0, 0.05) is 51.2 Å². The Morgan fingerprint density at radius 3 is 2.09 bits per heavy atom. The number of aliphatic carboxylic acids is 1. The summed E-state index contributed by atoms with van der Waals surface area (Å²) >= 11 is 0. The number of sulfonamides is 1. The molecule has 278 valence electrons. The SMILES string of the molecule is CN/C(=N\S(=O)(=O)c1c(C)c(C)c2c(c1C)CC(C)(C)O2)N(C)c1ccc(C[C@@H](C(=O)O)N(C)C(=O)OCC2c3ccccc3-c3ccccc32)cc1. The van der Waals surface area contributed by atoms with Crippen molar-refractivity contribution in [2.45, 2.75) is 69.9 Å². The van der Waals surface area contributed by atoms with E-state index in [4.69, 9.17) is 9.47 Å². The normalized spacial score (nSPS) is 15.1. The standard InChI is InChI=1S/C41H46N4O7S/c1-24-25(2)37(26(3)33-22-41(4,5)52-36(24)33)53(49,50)43-39(42-6)44(7)28-19-17-27(18-20-28)21-35(38(46)47)45(8)40(48)51-23-34-31-15-11-9-13-29(31)30-14-10-12-16-32(30)34/h9-20,34-35H,21-23H2,1-8H3,(H,42,43)(H,46,47)/t35-/m0/s1. The van der Waals surface area contributed by atoms with Crippen LogP contribution in [0.1, 0.15) is 58.7 Å². The smallest absolute Gasteiger partial charge is 0.410 e. The molecule has 2 N–H and O–H groups in total. The van der Waals surface area contributed by atoms with Crippen molar-refractivity contribution in [2.75, 3.05) is 32.6 Å². The molecule has 1 amide bonds. The summed E-state index contributed by atoms with van der Waals surface area (Å²) in [5.74, 6) is -0.473. The molecule has 1 heterocycles. The van der Waals surface area contributed by atoms with Crippen molar-refractivity contribution in [3.8, 4) is 16.9 Å². The summed E-state index contributed by atoms with van der Waals surface area (Å²) in [6.07, 6.45) is -0.110. The van der Waals surface area contributed by atoms with Crippen LogP contribution >= 0.6 is 0 Å². The van der Waals surface area contributed by atoms with Crippen LogP contribution in [-0.2, 0) is 32.4 Å². The van der Waals surface area contributed by atoms with E-state index in [1.54, 1.807) is 57.1 Å². The predicted molar refractivity (Wildman–Crippen MR) is 206 cm³/mol. The number of carboxylic acids is 1. The van der Waals surface area contributed by atoms with Gasteiger partial charge >= 0.3 is 12.1 Å². The Kier molecular flexibility index (Phi) is 10.0. The van der Waals surface area contributed by atoms with Crippen molar-refractivity contribution in [1.82, 2.24) is 10.2 Å². The Bertz CT molecular complexity index is 2190. The minimum Gasteiger partial charge on any atom is -0.487 e. The number of amides is 1. The number of ether oxygens (including phenoxy) is 2. The van der Waals surface area contributed by atoms with Gasteiger partial charge in [-0.2, -0.15) is 8.42 Å². The maximum absolute atomic E-state index is 13.9. The van der Waals surface area contributed by atoms with Crippen molar-refractivity contribution in [3.63, 3.8) is 0 Å². The Morgan fingerprint density at radius 2 is 1.53 bits per heavy atom. The lowest BCUT2D eigenvalue weighted by Crippen LogP contribution is -2.44. The molecule has 11 nitrogen and oxygen atoms in total. The van der Waals surface area contributed by atoms with Gasteiger partial charge in [-0.3, -0.25) is 4.90 Å². The molecule has 0 saturated heterocycles. The van der Waals surface area contributed by atoms with Crippen molar-refractivity contribution >= 4 is 33.7 Å². The van der Waals surface area contributed by atoms with Gasteiger partial charge in [0.25, 0.3) is 10.0 Å². The average molecular weight is 739 g/mol. The Labute approximate surface area is 311 Å². The number of likely N-dealkylation sites (N-methyl/N-ethyl adjacent to an activating group) is 1. The maximum atomic E-state index is 13.9. The van der Waals surface area contributed by atoms with E-state index in [2.05, 4.69) is 9.71 Å². The molecule has 1 aliphatic carbocycles. The number of hydrogen-bond donors (Lipinski definition) is 2. The van der Waals surface area contributed by atoms with Gasteiger partial charge < -0.3 is 24.8 Å². The minimum atomic E-state index is -4.14. The number of rotatable bonds is 9. The van der Waals surface area contributed by atoms with E-state index in [-0.39, 0.29) is 29.8 Å². The predicted octanol–water partition coefficient (Wildman–Crippen LogP) is 6.60. The third kappa shape index (κ3) is 7.07. The van der Waals surface area contributed by atoms with E-state index in [9.17, 15) is 23.1 Å². The van der Waals surface area contributed by atoms with E-state index < -0.39 is 33.7 Å². The molecule has 0 bridgehead atoms. The number of fused-ring (bicyclic) bond motifs is 4. The molecule has 0 fully saturated rings. The molecule has 4 aromatic rings. The highest BCUT2D eigenvalue weighted by Gasteiger charge is 2.37. The lowest BCUT2D eigenvalue weighted by molar-refractivity contribution is -0.142. The molecule has 1 atom stereocenters. The van der Waals surface area contributed by atoms with E-state index >= 15 is 0 Å². The van der Waals surface area contributed by atoms with E-state index in [0.29, 0.717) is 28.8 Å². The van der Waals surface area contributed by atoms with Gasteiger partial charge in [0.05, 0.1) is 4.90 Å². The van der Waals surface area contributed by atoms with Crippen molar-refractivity contribution < 1.29 is 32.6 Å². The molecule has 0 spiro atoms. The summed E-state index contributed by atoms with van der Waals surface area (Å²) in [6, 6.07) is 21.8. The summed E-state index contributed by atoms with van der Waals surface area (Å²) in [5, 5.41) is 13.0. The summed E-state index contributed by atoms with van der Waals surface area (Å²) in [6.45, 7) is 9.49. The first-order valence-electron chi connectivity index (χ1n) is 17.5. The number of carbonyl (C=O) groups excluding carboxylic acids is 1. The van der Waals surface area contributed by atoms with Gasteiger partial charge in [0.2, 0.25) is 5.96 Å². The third-order valence-electron chi connectivity index (χ3n) is 10.4. The van der Waals surface area contributed by atoms with Crippen molar-refractivity contribution in [2.24, 2.45) is 4.40 Å². The van der Waals surface area contributed by atoms with Crippen LogP contribution in [0.4, 0.5) is 10.5 Å². The van der Waals surface area contributed by atoms with Crippen LogP contribution in [0.3, 0.4) is 0 Å². The van der Waals surface area contributed by atoms with Crippen LogP contribution in [0, 0.1) is 20.8 Å². The number of hydrogen-bond acceptors (Lipinski definition) is 6. The fraction of sp³-hybridized carbons (Fsp3) is 0.341. The molecular formula is C41H46N4O7S. The minimum absolute atomic E-state index is 0.0259. The maximum Gasteiger partial charge on any atom is 0.410 e. The number of nitrogens with one attached hydrogen (secondary N) is 1. The first-order chi connectivity index (χ1) is 25.0. The zero-order valence-corrected chi connectivity index (χ0v) is 32.2. The molecule has 0 radical (unpaired) electrons. The van der Waals surface area contributed by atoms with Crippen LogP contribution in [0.2, 0.25) is 0 Å². The fourth-order valence-corrected chi connectivity index (χ4v) is 9.06.